The van der Waals surface area contributed by atoms with Crippen molar-refractivity contribution in [2.45, 2.75) is 19.2 Å². The molecule has 0 atom stereocenters. The molecule has 15 heavy (non-hydrogen) atoms. The Labute approximate surface area is 103 Å². The molecule has 4 heteroatoms. The van der Waals surface area contributed by atoms with Crippen LogP contribution in [-0.4, -0.2) is 12.6 Å². The first-order valence-corrected chi connectivity index (χ1v) is 6.12. The zero-order valence-electron chi connectivity index (χ0n) is 8.64. The quantitative estimate of drug-likeness (QED) is 0.627. The Morgan fingerprint density at radius 2 is 2.20 bits per heavy atom. The molecule has 0 spiro atoms. The zero-order chi connectivity index (χ0) is 11.4. The van der Waals surface area contributed by atoms with E-state index < -0.39 is 0 Å². The van der Waals surface area contributed by atoms with Crippen LogP contribution < -0.4 is 0 Å². The van der Waals surface area contributed by atoms with Gasteiger partial charge in [-0.1, -0.05) is 27.5 Å². The third-order valence-electron chi connectivity index (χ3n) is 2.06. The molecule has 0 N–H and O–H groups in total. The number of hydrogen-bond donors (Lipinski definition) is 0. The fraction of sp³-hybridized carbons (Fsp3) is 0.364. The lowest BCUT2D eigenvalue weighted by Gasteiger charge is -2.08. The second-order valence-electron chi connectivity index (χ2n) is 3.11. The average Bonchev–Trinajstić information content (AvgIpc) is 2.21. The predicted molar refractivity (Wildman–Crippen MR) is 64.8 cm³/mol. The summed E-state index contributed by atoms with van der Waals surface area (Å²) in [5.41, 5.74) is 2.54. The van der Waals surface area contributed by atoms with Crippen LogP contribution in [0.5, 0.6) is 0 Å². The molecule has 1 rings (SSSR count). The van der Waals surface area contributed by atoms with Crippen molar-refractivity contribution in [1.82, 2.24) is 0 Å². The molecule has 0 saturated heterocycles. The van der Waals surface area contributed by atoms with Gasteiger partial charge in [0.2, 0.25) is 0 Å². The Morgan fingerprint density at radius 3 is 2.73 bits per heavy atom. The van der Waals surface area contributed by atoms with Crippen molar-refractivity contribution in [3.63, 3.8) is 0 Å². The molecule has 1 aromatic rings. The van der Waals surface area contributed by atoms with E-state index in [4.69, 9.17) is 16.3 Å². The zero-order valence-corrected chi connectivity index (χ0v) is 11.0. The SMILES string of the molecule is CCOC(=O)c1cc(C)c(CBr)cc1Cl. The fourth-order valence-electron chi connectivity index (χ4n) is 1.23. The summed E-state index contributed by atoms with van der Waals surface area (Å²) >= 11 is 9.35. The van der Waals surface area contributed by atoms with Crippen LogP contribution >= 0.6 is 27.5 Å². The Hall–Kier alpha value is -0.540. The Balaban J connectivity index is 3.10. The van der Waals surface area contributed by atoms with Crippen molar-refractivity contribution in [3.05, 3.63) is 33.8 Å². The summed E-state index contributed by atoms with van der Waals surface area (Å²) in [6.07, 6.45) is 0. The first-order valence-electron chi connectivity index (χ1n) is 4.62. The summed E-state index contributed by atoms with van der Waals surface area (Å²) in [5.74, 6) is -0.369. The minimum atomic E-state index is -0.369. The van der Waals surface area contributed by atoms with Gasteiger partial charge in [0.05, 0.1) is 17.2 Å². The Morgan fingerprint density at radius 1 is 1.53 bits per heavy atom. The van der Waals surface area contributed by atoms with Gasteiger partial charge in [-0.25, -0.2) is 4.79 Å². The number of aryl methyl sites for hydroxylation is 1. The van der Waals surface area contributed by atoms with Gasteiger partial charge in [0.1, 0.15) is 0 Å². The molecule has 0 amide bonds. The standard InChI is InChI=1S/C11H12BrClO2/c1-3-15-11(14)9-4-7(2)8(6-12)5-10(9)13/h4-5H,3,6H2,1-2H3. The van der Waals surface area contributed by atoms with Crippen LogP contribution in [0.1, 0.15) is 28.4 Å². The van der Waals surface area contributed by atoms with Gasteiger partial charge < -0.3 is 4.74 Å². The maximum absolute atomic E-state index is 11.5. The van der Waals surface area contributed by atoms with E-state index in [1.165, 1.54) is 0 Å². The second-order valence-corrected chi connectivity index (χ2v) is 4.08. The van der Waals surface area contributed by atoms with Crippen LogP contribution in [0.25, 0.3) is 0 Å². The lowest BCUT2D eigenvalue weighted by atomic mass is 10.1. The van der Waals surface area contributed by atoms with Gasteiger partial charge in [0, 0.05) is 5.33 Å². The molecule has 0 aromatic heterocycles. The first kappa shape index (κ1) is 12.5. The number of hydrogen-bond acceptors (Lipinski definition) is 2. The van der Waals surface area contributed by atoms with E-state index in [9.17, 15) is 4.79 Å². The van der Waals surface area contributed by atoms with E-state index in [0.29, 0.717) is 17.2 Å². The van der Waals surface area contributed by atoms with E-state index in [2.05, 4.69) is 15.9 Å². The number of carbonyl (C=O) groups excluding carboxylic acids is 1. The highest BCUT2D eigenvalue weighted by atomic mass is 79.9. The van der Waals surface area contributed by atoms with Gasteiger partial charge in [-0.05, 0) is 37.1 Å². The number of benzene rings is 1. The molecule has 0 heterocycles. The summed E-state index contributed by atoms with van der Waals surface area (Å²) in [6, 6.07) is 3.55. The molecule has 0 fully saturated rings. The molecule has 2 nitrogen and oxygen atoms in total. The summed E-state index contributed by atoms with van der Waals surface area (Å²) in [4.78, 5) is 11.5. The molecule has 0 aliphatic heterocycles. The number of carbonyl (C=O) groups is 1. The van der Waals surface area contributed by atoms with E-state index in [-0.39, 0.29) is 5.97 Å². The highest BCUT2D eigenvalue weighted by molar-refractivity contribution is 9.08. The molecular weight excluding hydrogens is 279 g/mol. The molecular formula is C11H12BrClO2. The molecule has 0 saturated carbocycles. The van der Waals surface area contributed by atoms with Crippen LogP contribution in [-0.2, 0) is 10.1 Å². The molecule has 1 aromatic carbocycles. The van der Waals surface area contributed by atoms with E-state index in [1.54, 1.807) is 19.1 Å². The number of halogens is 2. The fourth-order valence-corrected chi connectivity index (χ4v) is 2.10. The molecule has 0 aliphatic rings. The predicted octanol–water partition coefficient (Wildman–Crippen LogP) is 3.72. The number of rotatable bonds is 3. The summed E-state index contributed by atoms with van der Waals surface area (Å²) in [5, 5.41) is 1.16. The first-order chi connectivity index (χ1) is 7.10. The monoisotopic (exact) mass is 290 g/mol. The van der Waals surface area contributed by atoms with E-state index in [1.807, 2.05) is 6.92 Å². The van der Waals surface area contributed by atoms with Gasteiger partial charge in [0.15, 0.2) is 0 Å². The van der Waals surface area contributed by atoms with Crippen LogP contribution in [0.3, 0.4) is 0 Å². The third kappa shape index (κ3) is 2.95. The molecule has 82 valence electrons. The van der Waals surface area contributed by atoms with Crippen molar-refractivity contribution in [3.8, 4) is 0 Å². The van der Waals surface area contributed by atoms with Gasteiger partial charge in [-0.15, -0.1) is 0 Å². The van der Waals surface area contributed by atoms with Gasteiger partial charge in [-0.2, -0.15) is 0 Å². The van der Waals surface area contributed by atoms with Crippen LogP contribution in [0.4, 0.5) is 0 Å². The number of esters is 1. The van der Waals surface area contributed by atoms with Gasteiger partial charge >= 0.3 is 5.97 Å². The van der Waals surface area contributed by atoms with Crippen molar-refractivity contribution >= 4 is 33.5 Å². The third-order valence-corrected chi connectivity index (χ3v) is 2.98. The van der Waals surface area contributed by atoms with E-state index >= 15 is 0 Å². The van der Waals surface area contributed by atoms with E-state index in [0.717, 1.165) is 16.5 Å². The Bertz CT molecular complexity index is 377. The average molecular weight is 292 g/mol. The maximum Gasteiger partial charge on any atom is 0.339 e. The van der Waals surface area contributed by atoms with Crippen molar-refractivity contribution in [2.24, 2.45) is 0 Å². The molecule has 0 bridgehead atoms. The highest BCUT2D eigenvalue weighted by Crippen LogP contribution is 2.23. The molecule has 0 aliphatic carbocycles. The maximum atomic E-state index is 11.5. The second kappa shape index (κ2) is 5.52. The summed E-state index contributed by atoms with van der Waals surface area (Å²) < 4.78 is 4.90. The minimum Gasteiger partial charge on any atom is -0.462 e. The normalized spacial score (nSPS) is 10.1. The van der Waals surface area contributed by atoms with Gasteiger partial charge in [-0.3, -0.25) is 0 Å². The number of ether oxygens (including phenoxy) is 1. The molecule has 0 unspecified atom stereocenters. The largest absolute Gasteiger partial charge is 0.462 e. The Kier molecular flexibility index (Phi) is 4.61. The van der Waals surface area contributed by atoms with Crippen LogP contribution in [0.15, 0.2) is 12.1 Å². The van der Waals surface area contributed by atoms with Crippen molar-refractivity contribution in [1.29, 1.82) is 0 Å². The lowest BCUT2D eigenvalue weighted by molar-refractivity contribution is 0.0526. The highest BCUT2D eigenvalue weighted by Gasteiger charge is 2.13. The van der Waals surface area contributed by atoms with Crippen LogP contribution in [0.2, 0.25) is 5.02 Å². The summed E-state index contributed by atoms with van der Waals surface area (Å²) in [7, 11) is 0. The summed E-state index contributed by atoms with van der Waals surface area (Å²) in [6.45, 7) is 4.07. The topological polar surface area (TPSA) is 26.3 Å². The van der Waals surface area contributed by atoms with Crippen molar-refractivity contribution < 1.29 is 9.53 Å². The minimum absolute atomic E-state index is 0.356. The van der Waals surface area contributed by atoms with Crippen molar-refractivity contribution in [2.75, 3.05) is 6.61 Å². The number of alkyl halides is 1. The van der Waals surface area contributed by atoms with Crippen LogP contribution in [0, 0.1) is 6.92 Å². The van der Waals surface area contributed by atoms with Gasteiger partial charge in [0.25, 0.3) is 0 Å². The smallest absolute Gasteiger partial charge is 0.339 e. The lowest BCUT2D eigenvalue weighted by Crippen LogP contribution is -2.06. The molecule has 0 radical (unpaired) electrons.